The van der Waals surface area contributed by atoms with E-state index in [-0.39, 0.29) is 5.41 Å². The van der Waals surface area contributed by atoms with E-state index in [0.29, 0.717) is 13.1 Å². The smallest absolute Gasteiger partial charge is 0.0985 e. The molecule has 0 saturated heterocycles. The maximum Gasteiger partial charge on any atom is 0.0985 e. The molecule has 0 aromatic carbocycles. The Morgan fingerprint density at radius 3 is 2.79 bits per heavy atom. The molecule has 1 N–H and O–H groups in total. The summed E-state index contributed by atoms with van der Waals surface area (Å²) in [4.78, 5) is 5.86. The number of thiazole rings is 1. The maximum absolute atomic E-state index is 9.38. The summed E-state index contributed by atoms with van der Waals surface area (Å²) in [6, 6.07) is 0. The van der Waals surface area contributed by atoms with E-state index in [2.05, 4.69) is 25.8 Å². The molecular weight excluding hydrogens is 196 g/mol. The van der Waals surface area contributed by atoms with Crippen molar-refractivity contribution in [3.8, 4) is 0 Å². The number of hydroxylamine groups is 2. The number of fused-ring (bicyclic) bond motifs is 1. The molecule has 78 valence electrons. The molecule has 3 nitrogen and oxygen atoms in total. The van der Waals surface area contributed by atoms with Gasteiger partial charge in [-0.3, -0.25) is 0 Å². The lowest BCUT2D eigenvalue weighted by Gasteiger charge is -2.18. The fourth-order valence-electron chi connectivity index (χ4n) is 1.50. The summed E-state index contributed by atoms with van der Waals surface area (Å²) in [5.74, 6) is 0. The normalized spacial score (nSPS) is 18.3. The first-order valence-electron chi connectivity index (χ1n) is 4.90. The standard InChI is InChI=1S/C10H16N2OS/c1-10(2,3)9-11-7-4-5-12(13)6-8(7)14-9/h13H,4-6H2,1-3H3. The van der Waals surface area contributed by atoms with Gasteiger partial charge in [-0.15, -0.1) is 11.3 Å². The molecule has 1 aliphatic heterocycles. The van der Waals surface area contributed by atoms with Gasteiger partial charge in [0.25, 0.3) is 0 Å². The Bertz CT molecular complexity index is 340. The third kappa shape index (κ3) is 1.82. The lowest BCUT2D eigenvalue weighted by Crippen LogP contribution is -2.26. The second-order valence-corrected chi connectivity index (χ2v) is 5.86. The van der Waals surface area contributed by atoms with E-state index in [4.69, 9.17) is 0 Å². The first kappa shape index (κ1) is 10.1. The molecule has 2 heterocycles. The summed E-state index contributed by atoms with van der Waals surface area (Å²) in [5, 5.41) is 11.9. The van der Waals surface area contributed by atoms with E-state index in [1.54, 1.807) is 11.3 Å². The first-order valence-corrected chi connectivity index (χ1v) is 5.71. The third-order valence-corrected chi connectivity index (χ3v) is 3.86. The van der Waals surface area contributed by atoms with Crippen molar-refractivity contribution in [1.29, 1.82) is 0 Å². The summed E-state index contributed by atoms with van der Waals surface area (Å²) >= 11 is 1.73. The first-order chi connectivity index (χ1) is 6.47. The predicted molar refractivity (Wildman–Crippen MR) is 56.7 cm³/mol. The highest BCUT2D eigenvalue weighted by Gasteiger charge is 2.24. The Labute approximate surface area is 88.3 Å². The Morgan fingerprint density at radius 1 is 1.43 bits per heavy atom. The molecule has 0 amide bonds. The van der Waals surface area contributed by atoms with Crippen LogP contribution in [0.5, 0.6) is 0 Å². The zero-order valence-electron chi connectivity index (χ0n) is 8.87. The van der Waals surface area contributed by atoms with Gasteiger partial charge in [0.2, 0.25) is 0 Å². The molecular formula is C10H16N2OS. The zero-order chi connectivity index (χ0) is 10.3. The average Bonchev–Trinajstić information content (AvgIpc) is 2.45. The topological polar surface area (TPSA) is 36.4 Å². The highest BCUT2D eigenvalue weighted by atomic mass is 32.1. The summed E-state index contributed by atoms with van der Waals surface area (Å²) in [6.45, 7) is 7.87. The molecule has 0 radical (unpaired) electrons. The van der Waals surface area contributed by atoms with Crippen molar-refractivity contribution < 1.29 is 5.21 Å². The lowest BCUT2D eigenvalue weighted by molar-refractivity contribution is -0.102. The molecule has 14 heavy (non-hydrogen) atoms. The molecule has 0 atom stereocenters. The highest BCUT2D eigenvalue weighted by Crippen LogP contribution is 2.31. The number of nitrogens with zero attached hydrogens (tertiary/aromatic N) is 2. The van der Waals surface area contributed by atoms with E-state index in [0.717, 1.165) is 6.42 Å². The Morgan fingerprint density at radius 2 is 2.14 bits per heavy atom. The van der Waals surface area contributed by atoms with Crippen molar-refractivity contribution in [3.05, 3.63) is 15.6 Å². The summed E-state index contributed by atoms with van der Waals surface area (Å²) in [5.41, 5.74) is 1.31. The van der Waals surface area contributed by atoms with Crippen LogP contribution in [-0.4, -0.2) is 21.8 Å². The molecule has 0 unspecified atom stereocenters. The number of hydrogen-bond acceptors (Lipinski definition) is 4. The monoisotopic (exact) mass is 212 g/mol. The van der Waals surface area contributed by atoms with Gasteiger partial charge in [-0.25, -0.2) is 4.98 Å². The van der Waals surface area contributed by atoms with Gasteiger partial charge in [0.1, 0.15) is 0 Å². The van der Waals surface area contributed by atoms with Crippen LogP contribution in [0.3, 0.4) is 0 Å². The van der Waals surface area contributed by atoms with Crippen LogP contribution >= 0.6 is 11.3 Å². The minimum atomic E-state index is 0.127. The third-order valence-electron chi connectivity index (χ3n) is 2.35. The summed E-state index contributed by atoms with van der Waals surface area (Å²) < 4.78 is 0. The van der Waals surface area contributed by atoms with Gasteiger partial charge in [-0.2, -0.15) is 5.06 Å². The van der Waals surface area contributed by atoms with E-state index in [9.17, 15) is 5.21 Å². The quantitative estimate of drug-likeness (QED) is 0.716. The fourth-order valence-corrected chi connectivity index (χ4v) is 2.68. The van der Waals surface area contributed by atoms with Crippen LogP contribution < -0.4 is 0 Å². The predicted octanol–water partition coefficient (Wildman–Crippen LogP) is 2.19. The van der Waals surface area contributed by atoms with Crippen LogP contribution in [0.15, 0.2) is 0 Å². The van der Waals surface area contributed by atoms with Crippen LogP contribution in [0.2, 0.25) is 0 Å². The van der Waals surface area contributed by atoms with Gasteiger partial charge in [-0.05, 0) is 0 Å². The highest BCUT2D eigenvalue weighted by molar-refractivity contribution is 7.11. The molecule has 0 fully saturated rings. The van der Waals surface area contributed by atoms with Crippen molar-refractivity contribution >= 4 is 11.3 Å². The van der Waals surface area contributed by atoms with Crippen molar-refractivity contribution in [3.63, 3.8) is 0 Å². The van der Waals surface area contributed by atoms with Crippen LogP contribution in [0, 0.1) is 0 Å². The van der Waals surface area contributed by atoms with E-state index in [1.807, 2.05) is 0 Å². The number of hydrogen-bond donors (Lipinski definition) is 1. The summed E-state index contributed by atoms with van der Waals surface area (Å²) in [6.07, 6.45) is 0.873. The SMILES string of the molecule is CC(C)(C)c1nc2c(s1)CN(O)CC2. The van der Waals surface area contributed by atoms with Crippen molar-refractivity contribution in [2.24, 2.45) is 0 Å². The van der Waals surface area contributed by atoms with Crippen LogP contribution in [0.25, 0.3) is 0 Å². The maximum atomic E-state index is 9.38. The van der Waals surface area contributed by atoms with Crippen LogP contribution in [0.4, 0.5) is 0 Å². The van der Waals surface area contributed by atoms with Gasteiger partial charge < -0.3 is 5.21 Å². The van der Waals surface area contributed by atoms with Crippen molar-refractivity contribution in [2.45, 2.75) is 39.2 Å². The lowest BCUT2D eigenvalue weighted by atomic mass is 9.98. The molecule has 0 bridgehead atoms. The average molecular weight is 212 g/mol. The molecule has 1 aromatic rings. The van der Waals surface area contributed by atoms with Crippen molar-refractivity contribution in [1.82, 2.24) is 10.0 Å². The second-order valence-electron chi connectivity index (χ2n) is 4.78. The van der Waals surface area contributed by atoms with E-state index < -0.39 is 0 Å². The largest absolute Gasteiger partial charge is 0.314 e. The minimum absolute atomic E-state index is 0.127. The van der Waals surface area contributed by atoms with E-state index in [1.165, 1.54) is 20.6 Å². The van der Waals surface area contributed by atoms with Gasteiger partial charge in [0, 0.05) is 23.3 Å². The second kappa shape index (κ2) is 3.29. The molecule has 2 rings (SSSR count). The zero-order valence-corrected chi connectivity index (χ0v) is 9.69. The molecule has 0 spiro atoms. The van der Waals surface area contributed by atoms with Gasteiger partial charge >= 0.3 is 0 Å². The van der Waals surface area contributed by atoms with Crippen molar-refractivity contribution in [2.75, 3.05) is 6.54 Å². The van der Waals surface area contributed by atoms with Gasteiger partial charge in [0.05, 0.1) is 17.2 Å². The van der Waals surface area contributed by atoms with E-state index >= 15 is 0 Å². The Balaban J connectivity index is 2.32. The minimum Gasteiger partial charge on any atom is -0.314 e. The van der Waals surface area contributed by atoms with Gasteiger partial charge in [-0.1, -0.05) is 20.8 Å². The molecule has 0 aliphatic carbocycles. The number of aromatic nitrogens is 1. The van der Waals surface area contributed by atoms with Gasteiger partial charge in [0.15, 0.2) is 0 Å². The summed E-state index contributed by atoms with van der Waals surface area (Å²) in [7, 11) is 0. The molecule has 0 saturated carbocycles. The molecule has 4 heteroatoms. The Hall–Kier alpha value is -0.450. The number of rotatable bonds is 0. The molecule has 1 aliphatic rings. The fraction of sp³-hybridized carbons (Fsp3) is 0.700. The Kier molecular flexibility index (Phi) is 2.37. The van der Waals surface area contributed by atoms with Crippen LogP contribution in [0.1, 0.15) is 36.3 Å². The molecule has 1 aromatic heterocycles. The van der Waals surface area contributed by atoms with Crippen LogP contribution in [-0.2, 0) is 18.4 Å².